The van der Waals surface area contributed by atoms with Crippen molar-refractivity contribution in [3.8, 4) is 0 Å². The van der Waals surface area contributed by atoms with E-state index in [1.165, 1.54) is 12.0 Å². The number of carbonyl (C=O) groups is 3. The van der Waals surface area contributed by atoms with Crippen molar-refractivity contribution in [2.24, 2.45) is 50.7 Å². The molecule has 1 aliphatic heterocycles. The molecule has 0 aromatic rings. The Morgan fingerprint density at radius 3 is 2.14 bits per heavy atom. The van der Waals surface area contributed by atoms with E-state index >= 15 is 0 Å². The fourth-order valence-electron chi connectivity index (χ4n) is 12.6. The maximum absolute atomic E-state index is 14.6. The summed E-state index contributed by atoms with van der Waals surface area (Å²) < 4.78 is 5.93. The van der Waals surface area contributed by atoms with Crippen LogP contribution in [0.25, 0.3) is 0 Å². The van der Waals surface area contributed by atoms with Gasteiger partial charge in [0.05, 0.1) is 5.41 Å². The van der Waals surface area contributed by atoms with Gasteiger partial charge in [0.2, 0.25) is 5.91 Å². The highest BCUT2D eigenvalue weighted by Gasteiger charge is 2.71. The van der Waals surface area contributed by atoms with Crippen LogP contribution in [0.3, 0.4) is 0 Å². The summed E-state index contributed by atoms with van der Waals surface area (Å²) in [5, 5.41) is 0. The number of esters is 1. The molecule has 43 heavy (non-hydrogen) atoms. The number of fused-ring (bicyclic) bond motifs is 7. The first-order valence-electron chi connectivity index (χ1n) is 17.5. The number of hydrogen-bond donors (Lipinski definition) is 0. The van der Waals surface area contributed by atoms with E-state index in [2.05, 4.69) is 65.3 Å². The molecule has 5 aliphatic carbocycles. The van der Waals surface area contributed by atoms with Crippen LogP contribution in [0.5, 0.6) is 0 Å². The number of hydrogen-bond acceptors (Lipinski definition) is 5. The van der Waals surface area contributed by atoms with E-state index in [-0.39, 0.29) is 57.3 Å². The molecule has 0 spiro atoms. The van der Waals surface area contributed by atoms with Gasteiger partial charge in [-0.2, -0.15) is 0 Å². The second kappa shape index (κ2) is 10.2. The Labute approximate surface area is 260 Å². The number of amides is 1. The van der Waals surface area contributed by atoms with Crippen LogP contribution in [-0.2, 0) is 19.1 Å². The van der Waals surface area contributed by atoms with Crippen LogP contribution in [0.4, 0.5) is 0 Å². The van der Waals surface area contributed by atoms with Gasteiger partial charge >= 0.3 is 5.97 Å². The van der Waals surface area contributed by atoms with Crippen LogP contribution in [0, 0.1) is 50.7 Å². The zero-order valence-electron chi connectivity index (χ0n) is 28.6. The minimum absolute atomic E-state index is 0.0153. The predicted octanol–water partition coefficient (Wildman–Crippen LogP) is 6.67. The van der Waals surface area contributed by atoms with Gasteiger partial charge in [0, 0.05) is 44.9 Å². The van der Waals surface area contributed by atoms with E-state index in [9.17, 15) is 14.4 Å². The van der Waals surface area contributed by atoms with E-state index in [0.29, 0.717) is 18.3 Å². The van der Waals surface area contributed by atoms with Gasteiger partial charge in [-0.1, -0.05) is 48.5 Å². The molecular weight excluding hydrogens is 536 g/mol. The third-order valence-corrected chi connectivity index (χ3v) is 14.9. The van der Waals surface area contributed by atoms with Gasteiger partial charge in [0.15, 0.2) is 5.78 Å². The minimum Gasteiger partial charge on any atom is -0.462 e. The summed E-state index contributed by atoms with van der Waals surface area (Å²) >= 11 is 0. The topological polar surface area (TPSA) is 66.9 Å². The highest BCUT2D eigenvalue weighted by molar-refractivity contribution is 6.07. The number of allylic oxidation sites excluding steroid dienone is 1. The normalized spacial score (nSPS) is 44.4. The Kier molecular flexibility index (Phi) is 7.39. The molecule has 6 nitrogen and oxygen atoms in total. The zero-order valence-corrected chi connectivity index (χ0v) is 28.6. The number of ether oxygens (including phenoxy) is 1. The molecule has 1 saturated heterocycles. The molecule has 240 valence electrons. The number of rotatable bonds is 3. The second-order valence-corrected chi connectivity index (χ2v) is 17.3. The highest BCUT2D eigenvalue weighted by atomic mass is 16.5. The Bertz CT molecular complexity index is 1230. The summed E-state index contributed by atoms with van der Waals surface area (Å²) in [6, 6.07) is 0. The first-order valence-corrected chi connectivity index (χ1v) is 17.5. The van der Waals surface area contributed by atoms with E-state index < -0.39 is 5.41 Å². The summed E-state index contributed by atoms with van der Waals surface area (Å²) in [4.78, 5) is 45.0. The van der Waals surface area contributed by atoms with Crippen LogP contribution in [0.2, 0.25) is 0 Å². The van der Waals surface area contributed by atoms with Gasteiger partial charge in [-0.05, 0) is 109 Å². The number of likely N-dealkylation sites (N-methyl/N-ethyl adjacent to an activating group) is 1. The van der Waals surface area contributed by atoms with Gasteiger partial charge in [-0.25, -0.2) is 0 Å². The average molecular weight is 595 g/mol. The molecule has 0 N–H and O–H groups in total. The lowest BCUT2D eigenvalue weighted by atomic mass is 9.33. The van der Waals surface area contributed by atoms with Gasteiger partial charge < -0.3 is 14.5 Å². The summed E-state index contributed by atoms with van der Waals surface area (Å²) in [6.45, 7) is 21.6. The summed E-state index contributed by atoms with van der Waals surface area (Å²) in [7, 11) is 2.13. The van der Waals surface area contributed by atoms with Crippen LogP contribution in [0.15, 0.2) is 11.1 Å². The highest BCUT2D eigenvalue weighted by Crippen LogP contribution is 2.76. The zero-order chi connectivity index (χ0) is 31.3. The van der Waals surface area contributed by atoms with Crippen LogP contribution in [0.1, 0.15) is 113 Å². The van der Waals surface area contributed by atoms with E-state index in [0.717, 1.165) is 76.7 Å². The number of ketones is 1. The van der Waals surface area contributed by atoms with Crippen molar-refractivity contribution in [3.05, 3.63) is 11.1 Å². The Balaban J connectivity index is 1.38. The van der Waals surface area contributed by atoms with Crippen molar-refractivity contribution in [1.29, 1.82) is 0 Å². The third-order valence-electron chi connectivity index (χ3n) is 14.9. The lowest BCUT2D eigenvalue weighted by Crippen LogP contribution is -2.66. The van der Waals surface area contributed by atoms with Gasteiger partial charge in [-0.3, -0.25) is 14.4 Å². The van der Waals surface area contributed by atoms with Crippen molar-refractivity contribution < 1.29 is 19.1 Å². The first kappa shape index (κ1) is 31.3. The summed E-state index contributed by atoms with van der Waals surface area (Å²) in [5.41, 5.74) is 1.96. The maximum atomic E-state index is 14.6. The molecule has 0 aromatic heterocycles. The molecule has 0 radical (unpaired) electrons. The Hall–Kier alpha value is -1.69. The van der Waals surface area contributed by atoms with Crippen molar-refractivity contribution in [2.75, 3.05) is 33.2 Å². The van der Waals surface area contributed by atoms with Crippen LogP contribution < -0.4 is 0 Å². The predicted molar refractivity (Wildman–Crippen MR) is 169 cm³/mol. The quantitative estimate of drug-likeness (QED) is 0.341. The molecule has 6 aliphatic rings. The number of carbonyl (C=O) groups excluding carboxylic acids is 3. The minimum atomic E-state index is -0.634. The monoisotopic (exact) mass is 594 g/mol. The molecule has 5 fully saturated rings. The molecule has 0 unspecified atom stereocenters. The van der Waals surface area contributed by atoms with Gasteiger partial charge in [0.25, 0.3) is 0 Å². The summed E-state index contributed by atoms with van der Waals surface area (Å²) in [6.07, 6.45) is 8.78. The van der Waals surface area contributed by atoms with Crippen molar-refractivity contribution in [2.45, 2.75) is 119 Å². The van der Waals surface area contributed by atoms with E-state index in [1.54, 1.807) is 6.92 Å². The third kappa shape index (κ3) is 4.23. The molecule has 1 amide bonds. The van der Waals surface area contributed by atoms with Crippen molar-refractivity contribution in [3.63, 3.8) is 0 Å². The molecule has 6 heteroatoms. The lowest BCUT2D eigenvalue weighted by molar-refractivity contribution is -0.232. The summed E-state index contributed by atoms with van der Waals surface area (Å²) in [5.74, 6) is 1.85. The molecule has 0 bridgehead atoms. The van der Waals surface area contributed by atoms with Crippen molar-refractivity contribution >= 4 is 17.7 Å². The van der Waals surface area contributed by atoms with E-state index in [1.807, 2.05) is 0 Å². The SMILES string of the molecule is CC(=O)O[C@H]1CC[C@]2(C)[C@H]3CC[C@@H]4C5=C(C(C)C)C(=O)C[C@]5(C(=O)N5CCN(C)CC5)CC[C@@]4(C)[C@]3(C)CC[C@H]2C1(C)C. The second-order valence-electron chi connectivity index (χ2n) is 17.3. The fraction of sp³-hybridized carbons (Fsp3) is 0.865. The smallest absolute Gasteiger partial charge is 0.302 e. The number of Topliss-reactive ketones (excluding diaryl/α,β-unsaturated/α-hetero) is 1. The Morgan fingerprint density at radius 2 is 1.51 bits per heavy atom. The molecule has 4 saturated carbocycles. The standard InChI is InChI=1S/C37H58N2O4/c1-23(2)30-26(41)22-37(32(42)39-20-18-38(9)19-21-39)17-16-35(7)25(31(30)37)10-11-28-34(6)14-13-29(43-24(3)40)33(4,5)27(34)12-15-36(28,35)8/h23,25,27-29H,10-22H2,1-9H3/t25-,27+,28-,29+,34+,35-,36-,37-/m1/s1. The Morgan fingerprint density at radius 1 is 0.837 bits per heavy atom. The molecule has 1 heterocycles. The van der Waals surface area contributed by atoms with Crippen molar-refractivity contribution in [1.82, 2.24) is 9.80 Å². The fourth-order valence-corrected chi connectivity index (χ4v) is 12.6. The van der Waals surface area contributed by atoms with Gasteiger partial charge in [-0.15, -0.1) is 0 Å². The van der Waals surface area contributed by atoms with E-state index in [4.69, 9.17) is 4.74 Å². The molecule has 6 rings (SSSR count). The van der Waals surface area contributed by atoms with Crippen LogP contribution >= 0.6 is 0 Å². The molecule has 0 aromatic carbocycles. The average Bonchev–Trinajstić information content (AvgIpc) is 3.24. The van der Waals surface area contributed by atoms with Crippen LogP contribution in [-0.4, -0.2) is 66.8 Å². The first-order chi connectivity index (χ1) is 20.0. The largest absolute Gasteiger partial charge is 0.462 e. The molecular formula is C37H58N2O4. The maximum Gasteiger partial charge on any atom is 0.302 e. The number of nitrogens with zero attached hydrogens (tertiary/aromatic N) is 2. The number of piperazine rings is 1. The lowest BCUT2D eigenvalue weighted by Gasteiger charge is -2.72. The molecule has 8 atom stereocenters. The van der Waals surface area contributed by atoms with Gasteiger partial charge in [0.1, 0.15) is 6.10 Å².